The van der Waals surface area contributed by atoms with Crippen molar-refractivity contribution in [3.8, 4) is 11.8 Å². The third kappa shape index (κ3) is 2.67. The third-order valence-corrected chi connectivity index (χ3v) is 2.74. The van der Waals surface area contributed by atoms with Crippen LogP contribution >= 0.6 is 11.3 Å². The molecule has 0 atom stereocenters. The minimum atomic E-state index is -0.694. The zero-order valence-corrected chi connectivity index (χ0v) is 9.42. The summed E-state index contributed by atoms with van der Waals surface area (Å²) in [6.07, 6.45) is 2.80. The molecule has 88 valence electrons. The lowest BCUT2D eigenvalue weighted by Crippen LogP contribution is -2.16. The standard InChI is InChI=1S/C11H9NO4S/c13-9-4-5-10(14)12(9)16-11(15)6-3-8-2-1-7-17-8/h1-7,13-14H. The lowest BCUT2D eigenvalue weighted by atomic mass is 10.4. The molecule has 0 saturated heterocycles. The van der Waals surface area contributed by atoms with Gasteiger partial charge in [0.2, 0.25) is 11.8 Å². The maximum atomic E-state index is 11.4. The average Bonchev–Trinajstić information content (AvgIpc) is 2.91. The van der Waals surface area contributed by atoms with Gasteiger partial charge in [-0.2, -0.15) is 0 Å². The summed E-state index contributed by atoms with van der Waals surface area (Å²) in [4.78, 5) is 17.0. The first-order chi connectivity index (χ1) is 8.16. The summed E-state index contributed by atoms with van der Waals surface area (Å²) in [5.41, 5.74) is 0. The van der Waals surface area contributed by atoms with Crippen molar-refractivity contribution in [2.75, 3.05) is 0 Å². The van der Waals surface area contributed by atoms with E-state index < -0.39 is 5.97 Å². The van der Waals surface area contributed by atoms with Gasteiger partial charge >= 0.3 is 5.97 Å². The molecule has 0 fully saturated rings. The first-order valence-electron chi connectivity index (χ1n) is 4.70. The highest BCUT2D eigenvalue weighted by Crippen LogP contribution is 2.18. The number of hydrogen-bond acceptors (Lipinski definition) is 5. The van der Waals surface area contributed by atoms with E-state index in [-0.39, 0.29) is 11.8 Å². The molecule has 0 aliphatic carbocycles. The number of carbonyl (C=O) groups is 1. The van der Waals surface area contributed by atoms with Crippen LogP contribution < -0.4 is 4.84 Å². The Morgan fingerprint density at radius 1 is 1.29 bits per heavy atom. The Balaban J connectivity index is 2.03. The SMILES string of the molecule is O=C(C=Cc1cccs1)On1c(O)ccc1O. The Morgan fingerprint density at radius 2 is 2.00 bits per heavy atom. The Morgan fingerprint density at radius 3 is 2.59 bits per heavy atom. The Kier molecular flexibility index (Phi) is 3.15. The fraction of sp³-hybridized carbons (Fsp3) is 0. The highest BCUT2D eigenvalue weighted by molar-refractivity contribution is 7.10. The van der Waals surface area contributed by atoms with Crippen molar-refractivity contribution < 1.29 is 19.8 Å². The molecule has 0 unspecified atom stereocenters. The van der Waals surface area contributed by atoms with Crippen LogP contribution in [-0.4, -0.2) is 20.9 Å². The van der Waals surface area contributed by atoms with Crippen molar-refractivity contribution in [2.45, 2.75) is 0 Å². The van der Waals surface area contributed by atoms with Gasteiger partial charge in [0.15, 0.2) is 0 Å². The largest absolute Gasteiger partial charge is 0.492 e. The Hall–Kier alpha value is -2.21. The highest BCUT2D eigenvalue weighted by atomic mass is 32.1. The first kappa shape index (κ1) is 11.3. The van der Waals surface area contributed by atoms with Crippen LogP contribution in [0.25, 0.3) is 6.08 Å². The van der Waals surface area contributed by atoms with E-state index in [1.54, 1.807) is 6.08 Å². The fourth-order valence-corrected chi connectivity index (χ4v) is 1.77. The third-order valence-electron chi connectivity index (χ3n) is 1.91. The monoisotopic (exact) mass is 251 g/mol. The van der Waals surface area contributed by atoms with E-state index in [2.05, 4.69) is 0 Å². The van der Waals surface area contributed by atoms with Crippen molar-refractivity contribution in [3.63, 3.8) is 0 Å². The Labute approximate surface area is 101 Å². The molecule has 0 bridgehead atoms. The minimum absolute atomic E-state index is 0.347. The molecule has 0 aliphatic heterocycles. The molecule has 2 rings (SSSR count). The first-order valence-corrected chi connectivity index (χ1v) is 5.58. The molecule has 0 aliphatic rings. The van der Waals surface area contributed by atoms with Crippen LogP contribution in [0.5, 0.6) is 11.8 Å². The van der Waals surface area contributed by atoms with Gasteiger partial charge in [-0.15, -0.1) is 16.1 Å². The number of rotatable bonds is 3. The van der Waals surface area contributed by atoms with E-state index >= 15 is 0 Å². The highest BCUT2D eigenvalue weighted by Gasteiger charge is 2.09. The number of carbonyl (C=O) groups excluding carboxylic acids is 1. The topological polar surface area (TPSA) is 71.7 Å². The molecular weight excluding hydrogens is 242 g/mol. The van der Waals surface area contributed by atoms with Gasteiger partial charge in [-0.05, 0) is 17.5 Å². The van der Waals surface area contributed by atoms with Gasteiger partial charge in [0.1, 0.15) is 0 Å². The van der Waals surface area contributed by atoms with Crippen LogP contribution in [0.15, 0.2) is 35.7 Å². The van der Waals surface area contributed by atoms with Gasteiger partial charge in [-0.25, -0.2) is 4.79 Å². The van der Waals surface area contributed by atoms with Crippen LogP contribution in [-0.2, 0) is 4.79 Å². The van der Waals surface area contributed by atoms with Crippen LogP contribution in [0.3, 0.4) is 0 Å². The minimum Gasteiger partial charge on any atom is -0.492 e. The number of nitrogens with zero attached hydrogens (tertiary/aromatic N) is 1. The van der Waals surface area contributed by atoms with Crippen molar-refractivity contribution in [1.82, 2.24) is 4.73 Å². The molecule has 5 nitrogen and oxygen atoms in total. The van der Waals surface area contributed by atoms with Gasteiger partial charge < -0.3 is 15.1 Å². The van der Waals surface area contributed by atoms with Crippen molar-refractivity contribution in [1.29, 1.82) is 0 Å². The second-order valence-corrected chi connectivity index (χ2v) is 4.08. The summed E-state index contributed by atoms with van der Waals surface area (Å²) in [5, 5.41) is 20.4. The van der Waals surface area contributed by atoms with E-state index in [0.717, 1.165) is 4.88 Å². The predicted molar refractivity (Wildman–Crippen MR) is 62.7 cm³/mol. The van der Waals surface area contributed by atoms with Gasteiger partial charge in [0, 0.05) is 23.1 Å². The van der Waals surface area contributed by atoms with E-state index in [9.17, 15) is 15.0 Å². The maximum absolute atomic E-state index is 11.4. The second kappa shape index (κ2) is 4.75. The van der Waals surface area contributed by atoms with Gasteiger partial charge in [-0.3, -0.25) is 0 Å². The van der Waals surface area contributed by atoms with Gasteiger partial charge in [0.25, 0.3) is 0 Å². The summed E-state index contributed by atoms with van der Waals surface area (Å²) in [5.74, 6) is -1.39. The molecule has 6 heteroatoms. The summed E-state index contributed by atoms with van der Waals surface area (Å²) < 4.78 is 0.640. The second-order valence-electron chi connectivity index (χ2n) is 3.10. The van der Waals surface area contributed by atoms with E-state index in [4.69, 9.17) is 4.84 Å². The summed E-state index contributed by atoms with van der Waals surface area (Å²) >= 11 is 1.48. The summed E-state index contributed by atoms with van der Waals surface area (Å²) in [6.45, 7) is 0. The summed E-state index contributed by atoms with van der Waals surface area (Å²) in [7, 11) is 0. The smallest absolute Gasteiger partial charge is 0.356 e. The van der Waals surface area contributed by atoms with Crippen LogP contribution in [0.1, 0.15) is 4.88 Å². The molecule has 0 aromatic carbocycles. The normalized spacial score (nSPS) is 10.8. The van der Waals surface area contributed by atoms with Crippen LogP contribution in [0.4, 0.5) is 0 Å². The molecule has 0 saturated carbocycles. The quantitative estimate of drug-likeness (QED) is 0.813. The van der Waals surface area contributed by atoms with Crippen molar-refractivity contribution >= 4 is 23.4 Å². The molecule has 2 N–H and O–H groups in total. The van der Waals surface area contributed by atoms with E-state index in [1.165, 1.54) is 29.5 Å². The molecule has 17 heavy (non-hydrogen) atoms. The van der Waals surface area contributed by atoms with Crippen LogP contribution in [0, 0.1) is 0 Å². The van der Waals surface area contributed by atoms with Crippen molar-refractivity contribution in [2.24, 2.45) is 0 Å². The zero-order valence-electron chi connectivity index (χ0n) is 8.61. The van der Waals surface area contributed by atoms with E-state index in [0.29, 0.717) is 4.73 Å². The lowest BCUT2D eigenvalue weighted by molar-refractivity contribution is -0.139. The fourth-order valence-electron chi connectivity index (χ4n) is 1.15. The molecule has 2 heterocycles. The molecule has 0 spiro atoms. The lowest BCUT2D eigenvalue weighted by Gasteiger charge is -2.03. The zero-order chi connectivity index (χ0) is 12.3. The number of aromatic hydroxyl groups is 2. The molecular formula is C11H9NO4S. The van der Waals surface area contributed by atoms with Crippen molar-refractivity contribution in [3.05, 3.63) is 40.6 Å². The number of thiophene rings is 1. The van der Waals surface area contributed by atoms with Gasteiger partial charge in [0.05, 0.1) is 0 Å². The van der Waals surface area contributed by atoms with Crippen LogP contribution in [0.2, 0.25) is 0 Å². The average molecular weight is 251 g/mol. The van der Waals surface area contributed by atoms with E-state index in [1.807, 2.05) is 17.5 Å². The summed E-state index contributed by atoms with van der Waals surface area (Å²) in [6, 6.07) is 6.13. The molecule has 2 aromatic rings. The molecule has 2 aromatic heterocycles. The maximum Gasteiger partial charge on any atom is 0.356 e. The predicted octanol–water partition coefficient (Wildman–Crippen LogP) is 1.63. The van der Waals surface area contributed by atoms with Gasteiger partial charge in [-0.1, -0.05) is 6.07 Å². The number of hydrogen-bond donors (Lipinski definition) is 2. The molecule has 0 radical (unpaired) electrons. The Bertz CT molecular complexity index is 522. The molecule has 0 amide bonds. The number of aromatic nitrogens is 1.